The number of rotatable bonds is 6. The number of fused-ring (bicyclic) bond motifs is 1. The topological polar surface area (TPSA) is 85.6 Å². The van der Waals surface area contributed by atoms with E-state index in [0.717, 1.165) is 4.47 Å². The highest BCUT2D eigenvalue weighted by molar-refractivity contribution is 9.10. The summed E-state index contributed by atoms with van der Waals surface area (Å²) >= 11 is 13.1. The van der Waals surface area contributed by atoms with Crippen LogP contribution in [-0.2, 0) is 10.2 Å². The van der Waals surface area contributed by atoms with Crippen LogP contribution < -0.4 is 15.6 Å². The Morgan fingerprint density at radius 3 is 2.55 bits per heavy atom. The fourth-order valence-corrected chi connectivity index (χ4v) is 4.87. The maximum Gasteiger partial charge on any atom is 0.282 e. The highest BCUT2D eigenvalue weighted by Gasteiger charge is 2.23. The molecule has 0 saturated heterocycles. The lowest BCUT2D eigenvalue weighted by Crippen LogP contribution is -2.29. The van der Waals surface area contributed by atoms with Crippen LogP contribution >= 0.6 is 43.5 Å². The predicted octanol–water partition coefficient (Wildman–Crippen LogP) is 6.91. The van der Waals surface area contributed by atoms with Gasteiger partial charge in [-0.1, -0.05) is 48.3 Å². The average molecular weight is 665 g/mol. The molecular formula is C27H22Br2ClFN4O3. The van der Waals surface area contributed by atoms with Crippen LogP contribution in [0, 0.1) is 5.82 Å². The summed E-state index contributed by atoms with van der Waals surface area (Å²) < 4.78 is 21.4. The van der Waals surface area contributed by atoms with Gasteiger partial charge < -0.3 is 10.1 Å². The van der Waals surface area contributed by atoms with Gasteiger partial charge in [-0.3, -0.25) is 9.59 Å². The molecule has 4 rings (SSSR count). The second-order valence-electron chi connectivity index (χ2n) is 9.36. The van der Waals surface area contributed by atoms with E-state index in [1.54, 1.807) is 24.3 Å². The third-order valence-electron chi connectivity index (χ3n) is 5.30. The van der Waals surface area contributed by atoms with Crippen LogP contribution in [-0.4, -0.2) is 28.4 Å². The third kappa shape index (κ3) is 6.48. The van der Waals surface area contributed by atoms with Gasteiger partial charge >= 0.3 is 0 Å². The minimum Gasteiger partial charge on any atom is -0.482 e. The number of ether oxygens (including phenoxy) is 1. The summed E-state index contributed by atoms with van der Waals surface area (Å²) in [6.45, 7) is 5.48. The molecule has 0 aliphatic rings. The van der Waals surface area contributed by atoms with Crippen LogP contribution in [0.4, 0.5) is 10.1 Å². The van der Waals surface area contributed by atoms with Crippen LogP contribution in [0.25, 0.3) is 10.9 Å². The second-order valence-corrected chi connectivity index (χ2v) is 11.6. The predicted molar refractivity (Wildman–Crippen MR) is 155 cm³/mol. The van der Waals surface area contributed by atoms with Crippen LogP contribution in [0.1, 0.15) is 32.2 Å². The monoisotopic (exact) mass is 662 g/mol. The van der Waals surface area contributed by atoms with E-state index in [-0.39, 0.29) is 12.2 Å². The third-order valence-corrected chi connectivity index (χ3v) is 6.60. The van der Waals surface area contributed by atoms with E-state index in [4.69, 9.17) is 21.3 Å². The second kappa shape index (κ2) is 11.3. The number of hydrogen-bond acceptors (Lipinski definition) is 5. The van der Waals surface area contributed by atoms with Crippen LogP contribution in [0.15, 0.2) is 73.4 Å². The molecule has 1 N–H and O–H groups in total. The number of nitrogens with zero attached hydrogens (tertiary/aromatic N) is 3. The summed E-state index contributed by atoms with van der Waals surface area (Å²) in [5.41, 5.74) is 0.599. The number of carbonyl (C=O) groups is 1. The molecule has 1 amide bonds. The fraction of sp³-hybridized carbons (Fsp3) is 0.185. The number of hydrogen-bond donors (Lipinski definition) is 1. The number of benzene rings is 3. The summed E-state index contributed by atoms with van der Waals surface area (Å²) in [5.74, 6) is -0.0850. The smallest absolute Gasteiger partial charge is 0.282 e. The Hall–Kier alpha value is -3.08. The Labute approximate surface area is 239 Å². The summed E-state index contributed by atoms with van der Waals surface area (Å²) in [4.78, 5) is 30.6. The van der Waals surface area contributed by atoms with Crippen LogP contribution in [0.3, 0.4) is 0 Å². The molecule has 0 aliphatic heterocycles. The Bertz CT molecular complexity index is 1620. The van der Waals surface area contributed by atoms with E-state index in [0.29, 0.717) is 43.2 Å². The van der Waals surface area contributed by atoms with Gasteiger partial charge in [0, 0.05) is 26.2 Å². The molecule has 0 aliphatic carbocycles. The summed E-state index contributed by atoms with van der Waals surface area (Å²) in [6.07, 6.45) is 1.44. The van der Waals surface area contributed by atoms with Gasteiger partial charge in [-0.25, -0.2) is 9.37 Å². The lowest BCUT2D eigenvalue weighted by atomic mass is 9.95. The summed E-state index contributed by atoms with van der Waals surface area (Å²) in [6, 6.07) is 13.9. The minimum atomic E-state index is -0.496. The molecule has 1 heterocycles. The normalized spacial score (nSPS) is 11.8. The zero-order valence-corrected chi connectivity index (χ0v) is 24.5. The maximum atomic E-state index is 13.4. The molecule has 3 aromatic carbocycles. The number of halogens is 4. The first kappa shape index (κ1) is 27.9. The van der Waals surface area contributed by atoms with Crippen molar-refractivity contribution < 1.29 is 13.9 Å². The largest absolute Gasteiger partial charge is 0.482 e. The average Bonchev–Trinajstić information content (AvgIpc) is 2.83. The molecule has 11 heteroatoms. The first-order valence-electron chi connectivity index (χ1n) is 11.4. The van der Waals surface area contributed by atoms with Crippen LogP contribution in [0.2, 0.25) is 5.02 Å². The lowest BCUT2D eigenvalue weighted by Gasteiger charge is -2.21. The molecular weight excluding hydrogens is 643 g/mol. The van der Waals surface area contributed by atoms with Gasteiger partial charge in [-0.2, -0.15) is 9.78 Å². The number of carbonyl (C=O) groups excluding carboxylic acids is 1. The molecule has 0 fully saturated rings. The highest BCUT2D eigenvalue weighted by atomic mass is 79.9. The number of anilines is 1. The molecule has 0 unspecified atom stereocenters. The van der Waals surface area contributed by atoms with Crippen molar-refractivity contribution >= 4 is 72.2 Å². The van der Waals surface area contributed by atoms with Gasteiger partial charge in [0.05, 0.1) is 21.6 Å². The first-order chi connectivity index (χ1) is 17.9. The van der Waals surface area contributed by atoms with Gasteiger partial charge in [-0.05, 0) is 70.5 Å². The van der Waals surface area contributed by atoms with Gasteiger partial charge in [0.2, 0.25) is 0 Å². The first-order valence-corrected chi connectivity index (χ1v) is 13.3. The van der Waals surface area contributed by atoms with Gasteiger partial charge in [0.25, 0.3) is 11.5 Å². The zero-order chi connectivity index (χ0) is 27.6. The van der Waals surface area contributed by atoms with Crippen molar-refractivity contribution in [2.45, 2.75) is 26.2 Å². The molecule has 0 spiro atoms. The van der Waals surface area contributed by atoms with Gasteiger partial charge in [0.1, 0.15) is 17.4 Å². The van der Waals surface area contributed by atoms with E-state index in [1.807, 2.05) is 26.8 Å². The fourth-order valence-electron chi connectivity index (χ4n) is 3.56. The number of aromatic nitrogens is 2. The van der Waals surface area contributed by atoms with Crippen molar-refractivity contribution in [1.29, 1.82) is 0 Å². The van der Waals surface area contributed by atoms with Crippen molar-refractivity contribution in [2.24, 2.45) is 5.10 Å². The molecule has 0 saturated carbocycles. The molecule has 7 nitrogen and oxygen atoms in total. The van der Waals surface area contributed by atoms with E-state index in [1.165, 1.54) is 35.2 Å². The lowest BCUT2D eigenvalue weighted by molar-refractivity contribution is -0.118. The zero-order valence-electron chi connectivity index (χ0n) is 20.6. The SMILES string of the molecule is CC(C)(C)c1nc2ccc(Br)cc2c(=O)n1N=Cc1cc(Cl)cc(Br)c1OCC(=O)Nc1ccc(F)cc1. The minimum absolute atomic E-state index is 0.300. The Morgan fingerprint density at radius 1 is 1.16 bits per heavy atom. The van der Waals surface area contributed by atoms with Crippen molar-refractivity contribution in [3.63, 3.8) is 0 Å². The Morgan fingerprint density at radius 2 is 1.87 bits per heavy atom. The number of amides is 1. The number of nitrogens with one attached hydrogen (secondary N) is 1. The Balaban J connectivity index is 1.68. The summed E-state index contributed by atoms with van der Waals surface area (Å²) in [5, 5.41) is 7.91. The molecule has 196 valence electrons. The Kier molecular flexibility index (Phi) is 8.34. The molecule has 4 aromatic rings. The van der Waals surface area contributed by atoms with E-state index < -0.39 is 17.1 Å². The van der Waals surface area contributed by atoms with Gasteiger partial charge in [-0.15, -0.1) is 0 Å². The maximum absolute atomic E-state index is 13.4. The molecule has 0 bridgehead atoms. The quantitative estimate of drug-likeness (QED) is 0.227. The molecule has 1 aromatic heterocycles. The van der Waals surface area contributed by atoms with Gasteiger partial charge in [0.15, 0.2) is 6.61 Å². The summed E-state index contributed by atoms with van der Waals surface area (Å²) in [7, 11) is 0. The standard InChI is InChI=1S/C27H22Br2ClFN4O3/c1-27(2,3)26-34-22-9-4-16(28)11-20(22)25(37)35(26)32-13-15-10-17(30)12-21(29)24(15)38-14-23(36)33-19-7-5-18(31)6-8-19/h4-13H,14H2,1-3H3,(H,33,36). The van der Waals surface area contributed by atoms with Crippen molar-refractivity contribution in [3.05, 3.63) is 96.1 Å². The van der Waals surface area contributed by atoms with Crippen molar-refractivity contribution in [1.82, 2.24) is 9.66 Å². The van der Waals surface area contributed by atoms with E-state index in [9.17, 15) is 14.0 Å². The van der Waals surface area contributed by atoms with Crippen molar-refractivity contribution in [2.75, 3.05) is 11.9 Å². The van der Waals surface area contributed by atoms with E-state index in [2.05, 4.69) is 42.3 Å². The van der Waals surface area contributed by atoms with E-state index >= 15 is 0 Å². The molecule has 38 heavy (non-hydrogen) atoms. The van der Waals surface area contributed by atoms with Crippen molar-refractivity contribution in [3.8, 4) is 5.75 Å². The molecule has 0 radical (unpaired) electrons. The molecule has 0 atom stereocenters. The van der Waals surface area contributed by atoms with Crippen LogP contribution in [0.5, 0.6) is 5.75 Å². The highest BCUT2D eigenvalue weighted by Crippen LogP contribution is 2.32.